The number of halogens is 3. The maximum absolute atomic E-state index is 12.4. The van der Waals surface area contributed by atoms with E-state index in [2.05, 4.69) is 9.08 Å². The fourth-order valence-corrected chi connectivity index (χ4v) is 3.68. The summed E-state index contributed by atoms with van der Waals surface area (Å²) in [7, 11) is -5.61. The average molecular weight is 335 g/mol. The van der Waals surface area contributed by atoms with Crippen LogP contribution in [0.25, 0.3) is 0 Å². The van der Waals surface area contributed by atoms with Crippen molar-refractivity contribution >= 4 is 10.1 Å². The first-order valence-electron chi connectivity index (χ1n) is 7.15. The Labute approximate surface area is 127 Å². The third-order valence-electron chi connectivity index (χ3n) is 4.24. The monoisotopic (exact) mass is 335 g/mol. The zero-order valence-electron chi connectivity index (χ0n) is 11.8. The Bertz CT molecular complexity index is 672. The van der Waals surface area contributed by atoms with Crippen molar-refractivity contribution in [1.29, 1.82) is 0 Å². The SMILES string of the molecule is O=S(=O)(Oc1ccc2c(c1)CCN1CCCCC21)C(F)(F)F. The van der Waals surface area contributed by atoms with Gasteiger partial charge < -0.3 is 4.18 Å². The van der Waals surface area contributed by atoms with Gasteiger partial charge in [0.2, 0.25) is 0 Å². The molecule has 0 N–H and O–H groups in total. The van der Waals surface area contributed by atoms with Crippen LogP contribution >= 0.6 is 0 Å². The first-order chi connectivity index (χ1) is 10.3. The molecule has 4 nitrogen and oxygen atoms in total. The summed E-state index contributed by atoms with van der Waals surface area (Å²) in [5, 5.41) is 0. The van der Waals surface area contributed by atoms with E-state index in [0.29, 0.717) is 6.42 Å². The molecule has 1 fully saturated rings. The van der Waals surface area contributed by atoms with Crippen LogP contribution in [0.2, 0.25) is 0 Å². The van der Waals surface area contributed by atoms with Gasteiger partial charge in [0.1, 0.15) is 5.75 Å². The largest absolute Gasteiger partial charge is 0.534 e. The molecule has 0 saturated carbocycles. The number of piperidine rings is 1. The summed E-state index contributed by atoms with van der Waals surface area (Å²) in [6.45, 7) is 1.87. The van der Waals surface area contributed by atoms with Crippen molar-refractivity contribution in [2.75, 3.05) is 13.1 Å². The number of hydrogen-bond acceptors (Lipinski definition) is 4. The number of alkyl halides is 3. The molecule has 2 aliphatic heterocycles. The van der Waals surface area contributed by atoms with E-state index in [0.717, 1.165) is 43.5 Å². The molecule has 0 radical (unpaired) electrons. The average Bonchev–Trinajstić information content (AvgIpc) is 2.45. The number of nitrogens with zero attached hydrogens (tertiary/aromatic N) is 1. The first kappa shape index (κ1) is 15.6. The molecule has 1 saturated heterocycles. The number of hydrogen-bond donors (Lipinski definition) is 0. The van der Waals surface area contributed by atoms with Gasteiger partial charge in [-0.15, -0.1) is 0 Å². The molecule has 3 rings (SSSR count). The Morgan fingerprint density at radius 3 is 2.68 bits per heavy atom. The standard InChI is InChI=1S/C14H16F3NO3S/c15-14(16,17)22(19,20)21-11-4-5-12-10(9-11)6-8-18-7-2-1-3-13(12)18/h4-5,9,13H,1-3,6-8H2. The molecule has 1 aromatic rings. The summed E-state index contributed by atoms with van der Waals surface area (Å²) < 4.78 is 63.4. The van der Waals surface area contributed by atoms with E-state index in [1.807, 2.05) is 0 Å². The quantitative estimate of drug-likeness (QED) is 0.616. The lowest BCUT2D eigenvalue weighted by Gasteiger charge is -2.40. The van der Waals surface area contributed by atoms with Gasteiger partial charge in [-0.05, 0) is 49.1 Å². The zero-order valence-corrected chi connectivity index (χ0v) is 12.6. The minimum atomic E-state index is -5.61. The molecular formula is C14H16F3NO3S. The van der Waals surface area contributed by atoms with E-state index in [9.17, 15) is 21.6 Å². The van der Waals surface area contributed by atoms with Crippen LogP contribution in [0.5, 0.6) is 5.75 Å². The van der Waals surface area contributed by atoms with E-state index in [1.54, 1.807) is 6.07 Å². The Morgan fingerprint density at radius 2 is 1.95 bits per heavy atom. The third kappa shape index (κ3) is 2.81. The van der Waals surface area contributed by atoms with Crippen molar-refractivity contribution in [2.24, 2.45) is 0 Å². The lowest BCUT2D eigenvalue weighted by atomic mass is 9.87. The van der Waals surface area contributed by atoms with Gasteiger partial charge in [0, 0.05) is 12.6 Å². The maximum atomic E-state index is 12.4. The van der Waals surface area contributed by atoms with E-state index in [1.165, 1.54) is 12.1 Å². The van der Waals surface area contributed by atoms with Gasteiger partial charge >= 0.3 is 15.6 Å². The van der Waals surface area contributed by atoms with Gasteiger partial charge in [0.25, 0.3) is 0 Å². The second kappa shape index (κ2) is 5.42. The molecule has 8 heteroatoms. The van der Waals surface area contributed by atoms with Crippen molar-refractivity contribution in [1.82, 2.24) is 4.90 Å². The van der Waals surface area contributed by atoms with Gasteiger partial charge in [-0.25, -0.2) is 0 Å². The second-order valence-electron chi connectivity index (χ2n) is 5.64. The van der Waals surface area contributed by atoms with E-state index >= 15 is 0 Å². The van der Waals surface area contributed by atoms with Crippen molar-refractivity contribution in [3.63, 3.8) is 0 Å². The summed E-state index contributed by atoms with van der Waals surface area (Å²) in [5.41, 5.74) is -3.47. The predicted octanol–water partition coefficient (Wildman–Crippen LogP) is 3.00. The number of rotatable bonds is 2. The summed E-state index contributed by atoms with van der Waals surface area (Å²) in [6.07, 6.45) is 4.00. The smallest absolute Gasteiger partial charge is 0.376 e. The normalized spacial score (nSPS) is 22.8. The van der Waals surface area contributed by atoms with E-state index in [-0.39, 0.29) is 11.8 Å². The van der Waals surface area contributed by atoms with Gasteiger partial charge in [0.05, 0.1) is 0 Å². The van der Waals surface area contributed by atoms with Gasteiger partial charge in [-0.1, -0.05) is 12.5 Å². The highest BCUT2D eigenvalue weighted by atomic mass is 32.2. The topological polar surface area (TPSA) is 46.6 Å². The highest BCUT2D eigenvalue weighted by Gasteiger charge is 2.48. The molecule has 0 aliphatic carbocycles. The Hall–Kier alpha value is -1.28. The van der Waals surface area contributed by atoms with Crippen LogP contribution < -0.4 is 4.18 Å². The van der Waals surface area contributed by atoms with E-state index in [4.69, 9.17) is 0 Å². The molecule has 2 heterocycles. The third-order valence-corrected chi connectivity index (χ3v) is 5.22. The lowest BCUT2D eigenvalue weighted by Crippen LogP contribution is -2.38. The van der Waals surface area contributed by atoms with Crippen molar-refractivity contribution in [3.8, 4) is 5.75 Å². The van der Waals surface area contributed by atoms with Gasteiger partial charge in [-0.3, -0.25) is 4.90 Å². The molecule has 1 aromatic carbocycles. The molecule has 0 bridgehead atoms. The Morgan fingerprint density at radius 1 is 1.18 bits per heavy atom. The van der Waals surface area contributed by atoms with Gasteiger partial charge in [-0.2, -0.15) is 21.6 Å². The van der Waals surface area contributed by atoms with Crippen molar-refractivity contribution in [2.45, 2.75) is 37.2 Å². The first-order valence-corrected chi connectivity index (χ1v) is 8.56. The molecule has 22 heavy (non-hydrogen) atoms. The molecule has 122 valence electrons. The summed E-state index contributed by atoms with van der Waals surface area (Å²) in [4.78, 5) is 2.37. The van der Waals surface area contributed by atoms with Crippen molar-refractivity contribution < 1.29 is 25.8 Å². The number of benzene rings is 1. The van der Waals surface area contributed by atoms with Crippen LogP contribution in [-0.4, -0.2) is 31.9 Å². The molecule has 0 amide bonds. The predicted molar refractivity (Wildman–Crippen MR) is 73.9 cm³/mol. The Balaban J connectivity index is 1.86. The minimum absolute atomic E-state index is 0.277. The van der Waals surface area contributed by atoms with Gasteiger partial charge in [0.15, 0.2) is 0 Å². The highest BCUT2D eigenvalue weighted by molar-refractivity contribution is 7.88. The molecule has 0 aromatic heterocycles. The Kier molecular flexibility index (Phi) is 3.84. The fourth-order valence-electron chi connectivity index (χ4n) is 3.22. The van der Waals surface area contributed by atoms with Crippen LogP contribution in [0.3, 0.4) is 0 Å². The molecule has 1 unspecified atom stereocenters. The van der Waals surface area contributed by atoms with Crippen LogP contribution in [0.4, 0.5) is 13.2 Å². The molecule has 1 atom stereocenters. The molecule has 2 aliphatic rings. The summed E-state index contributed by atoms with van der Waals surface area (Å²) in [5.74, 6) is -0.277. The fraction of sp³-hybridized carbons (Fsp3) is 0.571. The van der Waals surface area contributed by atoms with Crippen LogP contribution in [0.1, 0.15) is 36.4 Å². The lowest BCUT2D eigenvalue weighted by molar-refractivity contribution is -0.0500. The minimum Gasteiger partial charge on any atom is -0.376 e. The van der Waals surface area contributed by atoms with E-state index < -0.39 is 15.6 Å². The van der Waals surface area contributed by atoms with Crippen LogP contribution in [0.15, 0.2) is 18.2 Å². The molecule has 0 spiro atoms. The van der Waals surface area contributed by atoms with Crippen LogP contribution in [-0.2, 0) is 16.5 Å². The summed E-state index contributed by atoms with van der Waals surface area (Å²) in [6, 6.07) is 4.70. The van der Waals surface area contributed by atoms with Crippen molar-refractivity contribution in [3.05, 3.63) is 29.3 Å². The second-order valence-corrected chi connectivity index (χ2v) is 7.18. The maximum Gasteiger partial charge on any atom is 0.534 e. The number of fused-ring (bicyclic) bond motifs is 3. The highest BCUT2D eigenvalue weighted by Crippen LogP contribution is 2.38. The molecular weight excluding hydrogens is 319 g/mol. The van der Waals surface area contributed by atoms with Crippen LogP contribution in [0, 0.1) is 0 Å². The summed E-state index contributed by atoms with van der Waals surface area (Å²) >= 11 is 0. The zero-order chi connectivity index (χ0) is 16.0.